The first-order chi connectivity index (χ1) is 8.45. The van der Waals surface area contributed by atoms with E-state index >= 15 is 0 Å². The van der Waals surface area contributed by atoms with Crippen LogP contribution < -0.4 is 0 Å². The van der Waals surface area contributed by atoms with Crippen molar-refractivity contribution in [2.24, 2.45) is 0 Å². The fraction of sp³-hybridized carbons (Fsp3) is 0.545. The van der Waals surface area contributed by atoms with E-state index in [4.69, 9.17) is 26.8 Å². The molecule has 1 saturated heterocycles. The molecule has 1 fully saturated rings. The van der Waals surface area contributed by atoms with Gasteiger partial charge in [0, 0.05) is 13.3 Å². The van der Waals surface area contributed by atoms with Crippen LogP contribution in [0.4, 0.5) is 4.79 Å². The molecule has 1 aliphatic rings. The van der Waals surface area contributed by atoms with Gasteiger partial charge >= 0.3 is 12.1 Å². The topological polar surface area (TPSA) is 76.1 Å². The summed E-state index contributed by atoms with van der Waals surface area (Å²) in [6.45, 7) is 5.21. The number of carboxylic acid groups (broad SMARTS) is 1. The molecule has 1 rings (SSSR count). The molecule has 100 valence electrons. The van der Waals surface area contributed by atoms with Crippen molar-refractivity contribution in [3.63, 3.8) is 0 Å². The summed E-state index contributed by atoms with van der Waals surface area (Å²) in [5, 5.41) is 9.38. The number of nitrogens with zero attached hydrogens (tertiary/aromatic N) is 1. The molecule has 0 radical (unpaired) electrons. The number of likely N-dealkylation sites (tertiary alicyclic amines) is 1. The first-order valence-electron chi connectivity index (χ1n) is 5.40. The van der Waals surface area contributed by atoms with Gasteiger partial charge in [0.05, 0.1) is 6.54 Å². The molecule has 1 aliphatic heterocycles. The summed E-state index contributed by atoms with van der Waals surface area (Å²) >= 11 is 4.79. The lowest BCUT2D eigenvalue weighted by Crippen LogP contribution is -2.41. The normalized spacial score (nSPS) is 22.4. The summed E-state index contributed by atoms with van der Waals surface area (Å²) in [5.41, 5.74) is 0. The van der Waals surface area contributed by atoms with E-state index in [1.165, 1.54) is 6.08 Å². The van der Waals surface area contributed by atoms with Crippen LogP contribution >= 0.6 is 12.2 Å². The lowest BCUT2D eigenvalue weighted by atomic mass is 10.2. The molecule has 0 aromatic rings. The van der Waals surface area contributed by atoms with Crippen LogP contribution in [0, 0.1) is 0 Å². The molecule has 0 unspecified atom stereocenters. The molecule has 0 bridgehead atoms. The molecular formula is C11H15NO5S. The summed E-state index contributed by atoms with van der Waals surface area (Å²) < 4.78 is 10.1. The number of carboxylic acids is 1. The van der Waals surface area contributed by atoms with Gasteiger partial charge in [-0.05, 0) is 12.2 Å². The second-order valence-corrected chi connectivity index (χ2v) is 4.41. The zero-order valence-corrected chi connectivity index (χ0v) is 10.8. The second kappa shape index (κ2) is 6.34. The minimum atomic E-state index is -1.08. The van der Waals surface area contributed by atoms with E-state index in [-0.39, 0.29) is 19.6 Å². The minimum absolute atomic E-state index is 0.0411. The Morgan fingerprint density at radius 3 is 2.78 bits per heavy atom. The van der Waals surface area contributed by atoms with Crippen LogP contribution in [-0.4, -0.2) is 52.4 Å². The Labute approximate surface area is 110 Å². The second-order valence-electron chi connectivity index (χ2n) is 3.84. The van der Waals surface area contributed by atoms with Gasteiger partial charge in [0.1, 0.15) is 18.8 Å². The number of rotatable bonds is 4. The molecule has 7 heteroatoms. The Balaban J connectivity index is 2.68. The highest BCUT2D eigenvalue weighted by atomic mass is 32.1. The molecular weight excluding hydrogens is 258 g/mol. The van der Waals surface area contributed by atoms with Crippen molar-refractivity contribution in [1.29, 1.82) is 0 Å². The van der Waals surface area contributed by atoms with Gasteiger partial charge in [-0.25, -0.2) is 9.59 Å². The standard InChI is InChI=1S/C11H15NO5S/c1-3-4-16-11(15)12-6-8(17-7(2)18)5-9(12)10(13)14/h3,8-9H,1,4-6H2,2H3,(H,13,14)/t8-,9-/m0/s1. The maximum absolute atomic E-state index is 11.7. The van der Waals surface area contributed by atoms with Crippen molar-refractivity contribution in [2.45, 2.75) is 25.5 Å². The zero-order valence-electron chi connectivity index (χ0n) is 10.00. The Kier molecular flexibility index (Phi) is 5.08. The number of thiocarbonyl (C=S) groups is 1. The predicted molar refractivity (Wildman–Crippen MR) is 67.4 cm³/mol. The van der Waals surface area contributed by atoms with Gasteiger partial charge in [0.2, 0.25) is 0 Å². The van der Waals surface area contributed by atoms with Crippen LogP contribution in [0.1, 0.15) is 13.3 Å². The number of carbonyl (C=O) groups is 2. The van der Waals surface area contributed by atoms with E-state index in [0.717, 1.165) is 4.90 Å². The Morgan fingerprint density at radius 1 is 1.61 bits per heavy atom. The van der Waals surface area contributed by atoms with Crippen molar-refractivity contribution < 1.29 is 24.2 Å². The van der Waals surface area contributed by atoms with E-state index in [9.17, 15) is 9.59 Å². The third-order valence-corrected chi connectivity index (χ3v) is 2.54. The van der Waals surface area contributed by atoms with Gasteiger partial charge < -0.3 is 14.6 Å². The number of ether oxygens (including phenoxy) is 2. The molecule has 1 heterocycles. The van der Waals surface area contributed by atoms with Gasteiger partial charge in [-0.3, -0.25) is 4.90 Å². The molecule has 6 nitrogen and oxygen atoms in total. The van der Waals surface area contributed by atoms with Crippen LogP contribution in [0.2, 0.25) is 0 Å². The summed E-state index contributed by atoms with van der Waals surface area (Å²) in [5.74, 6) is -1.08. The summed E-state index contributed by atoms with van der Waals surface area (Å²) in [6, 6.07) is -0.943. The predicted octanol–water partition coefficient (Wildman–Crippen LogP) is 1.20. The summed E-state index contributed by atoms with van der Waals surface area (Å²) in [4.78, 5) is 23.9. The molecule has 1 amide bonds. The van der Waals surface area contributed by atoms with Crippen LogP contribution in [0.25, 0.3) is 0 Å². The Morgan fingerprint density at radius 2 is 2.28 bits per heavy atom. The van der Waals surface area contributed by atoms with Crippen molar-refractivity contribution in [1.82, 2.24) is 4.90 Å². The van der Waals surface area contributed by atoms with Crippen LogP contribution in [0.5, 0.6) is 0 Å². The molecule has 18 heavy (non-hydrogen) atoms. The van der Waals surface area contributed by atoms with Crippen molar-refractivity contribution >= 4 is 29.3 Å². The lowest BCUT2D eigenvalue weighted by molar-refractivity contribution is -0.141. The molecule has 1 N–H and O–H groups in total. The minimum Gasteiger partial charge on any atom is -0.482 e. The largest absolute Gasteiger partial charge is 0.482 e. The highest BCUT2D eigenvalue weighted by molar-refractivity contribution is 7.80. The highest BCUT2D eigenvalue weighted by Crippen LogP contribution is 2.22. The number of carbonyl (C=O) groups excluding carboxylic acids is 1. The van der Waals surface area contributed by atoms with Crippen LogP contribution in [0.15, 0.2) is 12.7 Å². The first kappa shape index (κ1) is 14.4. The molecule has 2 atom stereocenters. The molecule has 0 aliphatic carbocycles. The van der Waals surface area contributed by atoms with Crippen molar-refractivity contribution in [2.75, 3.05) is 13.2 Å². The van der Waals surface area contributed by atoms with Gasteiger partial charge in [-0.1, -0.05) is 12.7 Å². The Hall–Kier alpha value is -1.63. The van der Waals surface area contributed by atoms with E-state index < -0.39 is 24.2 Å². The lowest BCUT2D eigenvalue weighted by Gasteiger charge is -2.19. The maximum Gasteiger partial charge on any atom is 0.410 e. The van der Waals surface area contributed by atoms with E-state index in [1.54, 1.807) is 6.92 Å². The molecule has 0 saturated carbocycles. The number of amides is 1. The fourth-order valence-corrected chi connectivity index (χ4v) is 1.90. The molecule has 0 aromatic heterocycles. The SMILES string of the molecule is C=CCOC(=O)N1C[C@@H](OC(C)=S)C[C@H]1C(=O)O. The van der Waals surface area contributed by atoms with Gasteiger partial charge in [-0.15, -0.1) is 0 Å². The first-order valence-corrected chi connectivity index (χ1v) is 5.80. The van der Waals surface area contributed by atoms with Gasteiger partial charge in [-0.2, -0.15) is 0 Å². The monoisotopic (exact) mass is 273 g/mol. The number of hydrogen-bond acceptors (Lipinski definition) is 5. The fourth-order valence-electron chi connectivity index (χ4n) is 1.77. The van der Waals surface area contributed by atoms with E-state index in [0.29, 0.717) is 5.05 Å². The quantitative estimate of drug-likeness (QED) is 0.612. The van der Waals surface area contributed by atoms with Crippen molar-refractivity contribution in [3.05, 3.63) is 12.7 Å². The zero-order chi connectivity index (χ0) is 13.7. The smallest absolute Gasteiger partial charge is 0.410 e. The number of aliphatic carboxylic acids is 1. The van der Waals surface area contributed by atoms with Crippen LogP contribution in [-0.2, 0) is 14.3 Å². The Bertz CT molecular complexity index is 370. The number of hydrogen-bond donors (Lipinski definition) is 1. The summed E-state index contributed by atoms with van der Waals surface area (Å²) in [6.07, 6.45) is 0.529. The van der Waals surface area contributed by atoms with E-state index in [2.05, 4.69) is 6.58 Å². The third-order valence-electron chi connectivity index (χ3n) is 2.44. The summed E-state index contributed by atoms with van der Waals surface area (Å²) in [7, 11) is 0. The van der Waals surface area contributed by atoms with Crippen LogP contribution in [0.3, 0.4) is 0 Å². The van der Waals surface area contributed by atoms with Gasteiger partial charge in [0.15, 0.2) is 5.05 Å². The highest BCUT2D eigenvalue weighted by Gasteiger charge is 2.41. The molecule has 0 spiro atoms. The average Bonchev–Trinajstić information content (AvgIpc) is 2.69. The van der Waals surface area contributed by atoms with E-state index in [1.807, 2.05) is 0 Å². The maximum atomic E-state index is 11.7. The van der Waals surface area contributed by atoms with Crippen molar-refractivity contribution in [3.8, 4) is 0 Å². The van der Waals surface area contributed by atoms with Gasteiger partial charge in [0.25, 0.3) is 0 Å². The third kappa shape index (κ3) is 3.69. The average molecular weight is 273 g/mol. The molecule has 0 aromatic carbocycles.